The molecule has 11 heteroatoms. The molecular formula is C20H22N4O7. The average molecular weight is 430 g/mol. The summed E-state index contributed by atoms with van der Waals surface area (Å²) in [6.07, 6.45) is 0.0444. The molecule has 0 aromatic heterocycles. The molecule has 0 saturated carbocycles. The van der Waals surface area contributed by atoms with Crippen LogP contribution in [0.2, 0.25) is 0 Å². The number of hydrogen-bond donors (Lipinski definition) is 4. The first-order valence-electron chi connectivity index (χ1n) is 9.72. The number of piperidine rings is 1. The second-order valence-electron chi connectivity index (χ2n) is 7.66. The zero-order valence-electron chi connectivity index (χ0n) is 16.9. The number of hydrogen-bond acceptors (Lipinski definition) is 7. The molecule has 31 heavy (non-hydrogen) atoms. The molecule has 0 radical (unpaired) electrons. The number of carboxylic acids is 1. The summed E-state index contributed by atoms with van der Waals surface area (Å²) >= 11 is 0. The van der Waals surface area contributed by atoms with E-state index in [9.17, 15) is 33.9 Å². The molecule has 3 rings (SSSR count). The molecule has 2 atom stereocenters. The van der Waals surface area contributed by atoms with E-state index in [4.69, 9.17) is 0 Å². The Morgan fingerprint density at radius 1 is 1.19 bits per heavy atom. The maximum atomic E-state index is 13.0. The molecule has 0 aliphatic carbocycles. The van der Waals surface area contributed by atoms with Crippen LogP contribution in [0, 0.1) is 5.92 Å². The molecule has 1 aromatic rings. The van der Waals surface area contributed by atoms with Crippen molar-refractivity contribution in [3.05, 3.63) is 29.3 Å². The summed E-state index contributed by atoms with van der Waals surface area (Å²) in [4.78, 5) is 73.5. The lowest BCUT2D eigenvalue weighted by Crippen LogP contribution is -2.54. The van der Waals surface area contributed by atoms with Crippen LogP contribution in [0.1, 0.15) is 47.4 Å². The Morgan fingerprint density at radius 2 is 1.90 bits per heavy atom. The van der Waals surface area contributed by atoms with E-state index in [0.29, 0.717) is 0 Å². The molecule has 2 aliphatic heterocycles. The van der Waals surface area contributed by atoms with Crippen molar-refractivity contribution in [2.24, 2.45) is 5.92 Å². The Hall–Kier alpha value is -3.76. The maximum absolute atomic E-state index is 13.0. The number of carbonyl (C=O) groups is 6. The van der Waals surface area contributed by atoms with E-state index in [1.54, 1.807) is 13.8 Å². The molecule has 1 aromatic carbocycles. The number of rotatable bonds is 7. The van der Waals surface area contributed by atoms with Gasteiger partial charge in [0.05, 0.1) is 17.7 Å². The molecule has 11 nitrogen and oxygen atoms in total. The van der Waals surface area contributed by atoms with Crippen LogP contribution in [0.5, 0.6) is 0 Å². The topological polar surface area (TPSA) is 162 Å². The van der Waals surface area contributed by atoms with Gasteiger partial charge in [0.2, 0.25) is 17.7 Å². The third kappa shape index (κ3) is 4.25. The predicted octanol–water partition coefficient (Wildman–Crippen LogP) is -0.275. The molecule has 0 spiro atoms. The maximum Gasteiger partial charge on any atom is 0.326 e. The van der Waals surface area contributed by atoms with Gasteiger partial charge in [0.25, 0.3) is 11.8 Å². The van der Waals surface area contributed by atoms with Gasteiger partial charge in [0.15, 0.2) is 0 Å². The zero-order chi connectivity index (χ0) is 22.9. The minimum Gasteiger partial charge on any atom is -0.480 e. The molecule has 2 aliphatic rings. The second kappa shape index (κ2) is 8.54. The number of aliphatic carboxylic acids is 1. The van der Waals surface area contributed by atoms with E-state index >= 15 is 0 Å². The Balaban J connectivity index is 1.76. The first-order valence-corrected chi connectivity index (χ1v) is 9.72. The molecule has 1 saturated heterocycles. The lowest BCUT2D eigenvalue weighted by molar-refractivity contribution is -0.142. The van der Waals surface area contributed by atoms with E-state index < -0.39 is 47.6 Å². The highest BCUT2D eigenvalue weighted by atomic mass is 16.4. The van der Waals surface area contributed by atoms with E-state index in [0.717, 1.165) is 4.90 Å². The summed E-state index contributed by atoms with van der Waals surface area (Å²) in [5.74, 6) is -4.64. The summed E-state index contributed by atoms with van der Waals surface area (Å²) in [6, 6.07) is 2.30. The van der Waals surface area contributed by atoms with E-state index in [2.05, 4.69) is 16.0 Å². The summed E-state index contributed by atoms with van der Waals surface area (Å²) in [5.41, 5.74) is 0.298. The lowest BCUT2D eigenvalue weighted by atomic mass is 10.0. The van der Waals surface area contributed by atoms with Crippen LogP contribution in [0.15, 0.2) is 18.2 Å². The number of nitrogens with zero attached hydrogens (tertiary/aromatic N) is 1. The highest BCUT2D eigenvalue weighted by molar-refractivity contribution is 6.25. The zero-order valence-corrected chi connectivity index (χ0v) is 16.9. The Kier molecular flexibility index (Phi) is 6.04. The fourth-order valence-electron chi connectivity index (χ4n) is 3.58. The Labute approximate surface area is 177 Å². The summed E-state index contributed by atoms with van der Waals surface area (Å²) in [6.45, 7) is 2.99. The molecule has 1 unspecified atom stereocenters. The lowest BCUT2D eigenvalue weighted by Gasteiger charge is -2.27. The summed E-state index contributed by atoms with van der Waals surface area (Å²) in [7, 11) is 0. The fourth-order valence-corrected chi connectivity index (χ4v) is 3.58. The first kappa shape index (κ1) is 21.9. The van der Waals surface area contributed by atoms with Crippen molar-refractivity contribution < 1.29 is 33.9 Å². The van der Waals surface area contributed by atoms with Gasteiger partial charge in [-0.2, -0.15) is 0 Å². The van der Waals surface area contributed by atoms with Crippen molar-refractivity contribution in [3.63, 3.8) is 0 Å². The monoisotopic (exact) mass is 430 g/mol. The number of carbonyl (C=O) groups excluding carboxylic acids is 5. The highest BCUT2D eigenvalue weighted by Crippen LogP contribution is 2.32. The van der Waals surface area contributed by atoms with Gasteiger partial charge >= 0.3 is 5.97 Å². The molecule has 1 fully saturated rings. The van der Waals surface area contributed by atoms with Crippen molar-refractivity contribution in [2.45, 2.75) is 38.8 Å². The van der Waals surface area contributed by atoms with Crippen LogP contribution in [0.4, 0.5) is 5.69 Å². The number of nitrogens with one attached hydrogen (secondary N) is 3. The van der Waals surface area contributed by atoms with Crippen molar-refractivity contribution >= 4 is 41.2 Å². The van der Waals surface area contributed by atoms with Crippen LogP contribution in [-0.2, 0) is 19.2 Å². The summed E-state index contributed by atoms with van der Waals surface area (Å²) in [5, 5.41) is 16.5. The van der Waals surface area contributed by atoms with Crippen molar-refractivity contribution in [2.75, 3.05) is 11.9 Å². The standard InChI is InChI=1S/C20H22N4O7/c1-9(2)16(20(30)31)22-14(26)8-21-11-5-3-4-10-15(11)19(29)24(18(10)28)12-6-7-13(25)23-17(12)27/h3-5,9,12,16,21H,6-8H2,1-2H3,(H,22,26)(H,30,31)(H,23,25,27)/t12?,16-/m1/s1. The van der Waals surface area contributed by atoms with Crippen LogP contribution in [0.3, 0.4) is 0 Å². The molecule has 2 heterocycles. The van der Waals surface area contributed by atoms with E-state index in [-0.39, 0.29) is 42.1 Å². The second-order valence-corrected chi connectivity index (χ2v) is 7.66. The van der Waals surface area contributed by atoms with Crippen molar-refractivity contribution in [3.8, 4) is 0 Å². The molecule has 164 valence electrons. The summed E-state index contributed by atoms with van der Waals surface area (Å²) < 4.78 is 0. The number of fused-ring (bicyclic) bond motifs is 1. The van der Waals surface area contributed by atoms with Crippen LogP contribution in [-0.4, -0.2) is 64.1 Å². The van der Waals surface area contributed by atoms with Crippen LogP contribution < -0.4 is 16.0 Å². The van der Waals surface area contributed by atoms with Gasteiger partial charge in [-0.1, -0.05) is 19.9 Å². The number of carboxylic acid groups (broad SMARTS) is 1. The minimum atomic E-state index is -1.16. The van der Waals surface area contributed by atoms with Crippen LogP contribution in [0.25, 0.3) is 0 Å². The van der Waals surface area contributed by atoms with E-state index in [1.807, 2.05) is 0 Å². The fraction of sp³-hybridized carbons (Fsp3) is 0.400. The highest BCUT2D eigenvalue weighted by Gasteiger charge is 2.45. The number of benzene rings is 1. The van der Waals surface area contributed by atoms with Gasteiger partial charge in [-0.25, -0.2) is 4.79 Å². The normalized spacial score (nSPS) is 19.2. The van der Waals surface area contributed by atoms with Crippen molar-refractivity contribution in [1.82, 2.24) is 15.5 Å². The minimum absolute atomic E-state index is 0.00961. The predicted molar refractivity (Wildman–Crippen MR) is 106 cm³/mol. The quantitative estimate of drug-likeness (QED) is 0.430. The van der Waals surface area contributed by atoms with Gasteiger partial charge < -0.3 is 15.7 Å². The smallest absolute Gasteiger partial charge is 0.326 e. The van der Waals surface area contributed by atoms with Gasteiger partial charge in [0, 0.05) is 12.1 Å². The van der Waals surface area contributed by atoms with Gasteiger partial charge in [-0.05, 0) is 24.5 Å². The first-order chi connectivity index (χ1) is 14.6. The third-order valence-corrected chi connectivity index (χ3v) is 5.16. The molecule has 4 N–H and O–H groups in total. The number of anilines is 1. The third-order valence-electron chi connectivity index (χ3n) is 5.16. The largest absolute Gasteiger partial charge is 0.480 e. The van der Waals surface area contributed by atoms with Gasteiger partial charge in [0.1, 0.15) is 12.1 Å². The van der Waals surface area contributed by atoms with Gasteiger partial charge in [-0.3, -0.25) is 34.2 Å². The Bertz CT molecular complexity index is 988. The van der Waals surface area contributed by atoms with Crippen molar-refractivity contribution in [1.29, 1.82) is 0 Å². The van der Waals surface area contributed by atoms with Gasteiger partial charge in [-0.15, -0.1) is 0 Å². The molecular weight excluding hydrogens is 408 g/mol. The Morgan fingerprint density at radius 3 is 2.52 bits per heavy atom. The SMILES string of the molecule is CC(C)[C@@H](NC(=O)CNc1cccc2c1C(=O)N(C1CCC(=O)NC1=O)C2=O)C(=O)O. The average Bonchev–Trinajstić information content (AvgIpc) is 2.95. The number of amides is 5. The number of imide groups is 2. The molecule has 0 bridgehead atoms. The molecule has 5 amide bonds. The van der Waals surface area contributed by atoms with Crippen LogP contribution >= 0.6 is 0 Å². The van der Waals surface area contributed by atoms with E-state index in [1.165, 1.54) is 18.2 Å².